The number of carbonyl (C=O) groups excluding carboxylic acids is 1. The predicted molar refractivity (Wildman–Crippen MR) is 115 cm³/mol. The van der Waals surface area contributed by atoms with Gasteiger partial charge in [-0.3, -0.25) is 9.78 Å². The first kappa shape index (κ1) is 21.0. The number of nitrogens with zero attached hydrogens (tertiary/aromatic N) is 1. The Morgan fingerprint density at radius 1 is 1.07 bits per heavy atom. The van der Waals surface area contributed by atoms with Gasteiger partial charge >= 0.3 is 0 Å². The molecular weight excluding hydrogens is 386 g/mol. The van der Waals surface area contributed by atoms with Crippen LogP contribution in [0.3, 0.4) is 0 Å². The maximum absolute atomic E-state index is 12.4. The van der Waals surface area contributed by atoms with Crippen molar-refractivity contribution in [2.24, 2.45) is 5.41 Å². The lowest BCUT2D eigenvalue weighted by Crippen LogP contribution is -2.20. The maximum Gasteiger partial charge on any atom is 0.168 e. The van der Waals surface area contributed by atoms with Gasteiger partial charge in [-0.05, 0) is 54.4 Å². The Hall–Kier alpha value is -2.69. The number of pyridine rings is 1. The van der Waals surface area contributed by atoms with Crippen molar-refractivity contribution in [3.8, 4) is 11.5 Å². The third-order valence-electron chi connectivity index (χ3n) is 4.61. The monoisotopic (exact) mass is 409 g/mol. The van der Waals surface area contributed by atoms with Crippen molar-refractivity contribution >= 4 is 17.4 Å². The number of Topliss-reactive ketones (excluding diaryl/α,β-unsaturated/α-hetero) is 1. The van der Waals surface area contributed by atoms with E-state index in [1.165, 1.54) is 0 Å². The number of benzene rings is 2. The Kier molecular flexibility index (Phi) is 6.06. The molecule has 0 fully saturated rings. The number of ether oxygens (including phenoxy) is 1. The molecule has 1 aromatic heterocycles. The minimum absolute atomic E-state index is 0.0240. The van der Waals surface area contributed by atoms with Gasteiger partial charge < -0.3 is 9.84 Å². The van der Waals surface area contributed by atoms with E-state index in [0.29, 0.717) is 22.1 Å². The zero-order valence-corrected chi connectivity index (χ0v) is 17.7. The first-order valence-corrected chi connectivity index (χ1v) is 9.75. The van der Waals surface area contributed by atoms with E-state index in [4.69, 9.17) is 16.3 Å². The van der Waals surface area contributed by atoms with E-state index >= 15 is 0 Å². The quantitative estimate of drug-likeness (QED) is 0.513. The maximum atomic E-state index is 12.4. The van der Waals surface area contributed by atoms with Crippen molar-refractivity contribution in [1.82, 2.24) is 4.98 Å². The Morgan fingerprint density at radius 2 is 1.79 bits per heavy atom. The summed E-state index contributed by atoms with van der Waals surface area (Å²) >= 11 is 6.36. The van der Waals surface area contributed by atoms with Crippen LogP contribution in [0.25, 0.3) is 0 Å². The van der Waals surface area contributed by atoms with Crippen LogP contribution in [0.2, 0.25) is 5.02 Å². The molecule has 3 rings (SSSR count). The van der Waals surface area contributed by atoms with Crippen molar-refractivity contribution in [1.29, 1.82) is 0 Å². The topological polar surface area (TPSA) is 59.4 Å². The van der Waals surface area contributed by atoms with Crippen molar-refractivity contribution in [3.05, 3.63) is 88.2 Å². The van der Waals surface area contributed by atoms with Crippen molar-refractivity contribution in [3.63, 3.8) is 0 Å². The number of halogens is 1. The van der Waals surface area contributed by atoms with Gasteiger partial charge in [0, 0.05) is 28.9 Å². The SMILES string of the molecule is Cc1cc(C(O)c2cccnc2)ccc1Oc1ccc(C(=O)C(C)(C)C)cc1Cl. The van der Waals surface area contributed by atoms with E-state index in [1.54, 1.807) is 42.7 Å². The summed E-state index contributed by atoms with van der Waals surface area (Å²) in [5.74, 6) is 1.13. The highest BCUT2D eigenvalue weighted by Gasteiger charge is 2.23. The van der Waals surface area contributed by atoms with Crippen LogP contribution in [0.15, 0.2) is 60.9 Å². The fourth-order valence-corrected chi connectivity index (χ4v) is 3.18. The first-order valence-electron chi connectivity index (χ1n) is 9.37. The van der Waals surface area contributed by atoms with Gasteiger partial charge in [-0.1, -0.05) is 44.5 Å². The number of aliphatic hydroxyl groups excluding tert-OH is 1. The van der Waals surface area contributed by atoms with E-state index in [0.717, 1.165) is 16.7 Å². The Bertz CT molecular complexity index is 1030. The lowest BCUT2D eigenvalue weighted by Gasteiger charge is -2.18. The standard InChI is InChI=1S/C24H24ClNO3/c1-15-12-16(22(27)18-6-5-11-26-14-18)7-9-20(15)29-21-10-8-17(13-19(21)25)23(28)24(2,3)4/h5-14,22,27H,1-4H3. The van der Waals surface area contributed by atoms with Crippen LogP contribution in [0.1, 0.15) is 53.9 Å². The molecule has 29 heavy (non-hydrogen) atoms. The van der Waals surface area contributed by atoms with Gasteiger partial charge in [0.05, 0.1) is 5.02 Å². The molecule has 4 nitrogen and oxygen atoms in total. The summed E-state index contributed by atoms with van der Waals surface area (Å²) in [5.41, 5.74) is 2.41. The largest absolute Gasteiger partial charge is 0.456 e. The summed E-state index contributed by atoms with van der Waals surface area (Å²) in [5, 5.41) is 10.9. The smallest absolute Gasteiger partial charge is 0.168 e. The van der Waals surface area contributed by atoms with Crippen LogP contribution in [0, 0.1) is 12.3 Å². The summed E-state index contributed by atoms with van der Waals surface area (Å²) in [6, 6.07) is 14.2. The highest BCUT2D eigenvalue weighted by atomic mass is 35.5. The first-order chi connectivity index (χ1) is 13.7. The Balaban J connectivity index is 1.81. The van der Waals surface area contributed by atoms with Gasteiger partial charge in [0.25, 0.3) is 0 Å². The predicted octanol–water partition coefficient (Wildman–Crippen LogP) is 6.15. The minimum Gasteiger partial charge on any atom is -0.456 e. The summed E-state index contributed by atoms with van der Waals surface area (Å²) in [6.07, 6.45) is 2.55. The van der Waals surface area contributed by atoms with E-state index < -0.39 is 11.5 Å². The second-order valence-electron chi connectivity index (χ2n) is 8.04. The summed E-state index contributed by atoms with van der Waals surface area (Å²) in [6.45, 7) is 7.52. The molecule has 1 N–H and O–H groups in total. The zero-order valence-electron chi connectivity index (χ0n) is 16.9. The van der Waals surface area contributed by atoms with Gasteiger partial charge in [-0.2, -0.15) is 0 Å². The van der Waals surface area contributed by atoms with Crippen molar-refractivity contribution in [2.45, 2.75) is 33.8 Å². The molecule has 2 aromatic carbocycles. The summed E-state index contributed by atoms with van der Waals surface area (Å²) in [4.78, 5) is 16.5. The number of hydrogen-bond acceptors (Lipinski definition) is 4. The number of ketones is 1. The van der Waals surface area contributed by atoms with Crippen molar-refractivity contribution in [2.75, 3.05) is 0 Å². The molecule has 150 valence electrons. The second kappa shape index (κ2) is 8.36. The van der Waals surface area contributed by atoms with Crippen molar-refractivity contribution < 1.29 is 14.6 Å². The number of aromatic nitrogens is 1. The van der Waals surface area contributed by atoms with Crippen LogP contribution >= 0.6 is 11.6 Å². The highest BCUT2D eigenvalue weighted by molar-refractivity contribution is 6.32. The van der Waals surface area contributed by atoms with Gasteiger partial charge in [-0.25, -0.2) is 0 Å². The average molecular weight is 410 g/mol. The average Bonchev–Trinajstić information content (AvgIpc) is 2.69. The van der Waals surface area contributed by atoms with Gasteiger partial charge in [0.15, 0.2) is 5.78 Å². The molecule has 0 amide bonds. The Morgan fingerprint density at radius 3 is 2.38 bits per heavy atom. The molecule has 0 saturated heterocycles. The molecule has 1 heterocycles. The van der Waals surface area contributed by atoms with Crippen LogP contribution < -0.4 is 4.74 Å². The molecule has 1 unspecified atom stereocenters. The molecule has 0 bridgehead atoms. The summed E-state index contributed by atoms with van der Waals surface area (Å²) < 4.78 is 5.96. The zero-order chi connectivity index (χ0) is 21.2. The third-order valence-corrected chi connectivity index (χ3v) is 4.91. The molecule has 0 aliphatic rings. The molecule has 1 atom stereocenters. The summed E-state index contributed by atoms with van der Waals surface area (Å²) in [7, 11) is 0. The lowest BCUT2D eigenvalue weighted by atomic mass is 9.86. The van der Waals surface area contributed by atoms with E-state index in [-0.39, 0.29) is 5.78 Å². The molecular formula is C24H24ClNO3. The number of carbonyl (C=O) groups is 1. The van der Waals surface area contributed by atoms with Crippen LogP contribution in [-0.2, 0) is 0 Å². The number of aliphatic hydroxyl groups is 1. The number of hydrogen-bond donors (Lipinski definition) is 1. The molecule has 0 saturated carbocycles. The van der Waals surface area contributed by atoms with Crippen LogP contribution in [0.4, 0.5) is 0 Å². The Labute approximate surface area is 176 Å². The minimum atomic E-state index is -0.761. The van der Waals surface area contributed by atoms with E-state index in [9.17, 15) is 9.90 Å². The molecule has 0 spiro atoms. The molecule has 0 radical (unpaired) electrons. The molecule has 5 heteroatoms. The lowest BCUT2D eigenvalue weighted by molar-refractivity contribution is 0.0858. The van der Waals surface area contributed by atoms with Gasteiger partial charge in [-0.15, -0.1) is 0 Å². The van der Waals surface area contributed by atoms with Crippen LogP contribution in [-0.4, -0.2) is 15.9 Å². The highest BCUT2D eigenvalue weighted by Crippen LogP contribution is 2.34. The molecule has 3 aromatic rings. The number of rotatable bonds is 5. The number of aryl methyl sites for hydroxylation is 1. The third kappa shape index (κ3) is 4.84. The normalized spacial score (nSPS) is 12.5. The van der Waals surface area contributed by atoms with E-state index in [2.05, 4.69) is 4.98 Å². The fraction of sp³-hybridized carbons (Fsp3) is 0.250. The molecule has 0 aliphatic heterocycles. The molecule has 0 aliphatic carbocycles. The van der Waals surface area contributed by atoms with E-state index in [1.807, 2.05) is 45.9 Å². The van der Waals surface area contributed by atoms with Crippen LogP contribution in [0.5, 0.6) is 11.5 Å². The van der Waals surface area contributed by atoms with Gasteiger partial charge in [0.2, 0.25) is 0 Å². The second-order valence-corrected chi connectivity index (χ2v) is 8.45. The fourth-order valence-electron chi connectivity index (χ4n) is 2.96. The van der Waals surface area contributed by atoms with Gasteiger partial charge in [0.1, 0.15) is 17.6 Å².